The number of carbonyl (C=O) groups is 1. The zero-order chi connectivity index (χ0) is 23.5. The van der Waals surface area contributed by atoms with Gasteiger partial charge in [-0.1, -0.05) is 47.2 Å². The van der Waals surface area contributed by atoms with Crippen molar-refractivity contribution in [2.75, 3.05) is 6.61 Å². The summed E-state index contributed by atoms with van der Waals surface area (Å²) in [5.74, 6) is 0.234. The third kappa shape index (κ3) is 4.98. The molecule has 168 valence electrons. The van der Waals surface area contributed by atoms with Gasteiger partial charge >= 0.3 is 5.97 Å². The normalized spacial score (nSPS) is 11.7. The Balaban J connectivity index is 1.74. The van der Waals surface area contributed by atoms with E-state index in [1.54, 1.807) is 24.3 Å². The van der Waals surface area contributed by atoms with Crippen molar-refractivity contribution in [1.29, 1.82) is 0 Å². The van der Waals surface area contributed by atoms with Crippen LogP contribution in [0.3, 0.4) is 0 Å². The minimum Gasteiger partial charge on any atom is -0.490 e. The Morgan fingerprint density at radius 3 is 2.58 bits per heavy atom. The van der Waals surface area contributed by atoms with Crippen molar-refractivity contribution in [1.82, 2.24) is 14.6 Å². The molecule has 0 amide bonds. The van der Waals surface area contributed by atoms with Crippen molar-refractivity contribution in [3.8, 4) is 11.5 Å². The number of aryl methyl sites for hydroxylation is 1. The van der Waals surface area contributed by atoms with E-state index in [9.17, 15) is 14.4 Å². The summed E-state index contributed by atoms with van der Waals surface area (Å²) in [4.78, 5) is 41.0. The number of ether oxygens (including phenoxy) is 2. The summed E-state index contributed by atoms with van der Waals surface area (Å²) in [6.45, 7) is 5.50. The molecule has 0 N–H and O–H groups in total. The van der Waals surface area contributed by atoms with Crippen LogP contribution in [-0.2, 0) is 11.2 Å². The fourth-order valence-corrected chi connectivity index (χ4v) is 4.13. The van der Waals surface area contributed by atoms with Crippen molar-refractivity contribution in [2.24, 2.45) is 0 Å². The van der Waals surface area contributed by atoms with Crippen molar-refractivity contribution < 1.29 is 14.3 Å². The Morgan fingerprint density at radius 2 is 1.88 bits per heavy atom. The van der Waals surface area contributed by atoms with Crippen LogP contribution >= 0.6 is 11.3 Å². The van der Waals surface area contributed by atoms with Crippen LogP contribution in [0.25, 0.3) is 11.0 Å². The highest BCUT2D eigenvalue weighted by Crippen LogP contribution is 2.29. The lowest BCUT2D eigenvalue weighted by Crippen LogP contribution is -2.28. The fraction of sp³-hybridized carbons (Fsp3) is 0.208. The van der Waals surface area contributed by atoms with Gasteiger partial charge in [0.2, 0.25) is 4.96 Å². The van der Waals surface area contributed by atoms with E-state index in [4.69, 9.17) is 9.47 Å². The lowest BCUT2D eigenvalue weighted by molar-refractivity contribution is -0.132. The molecule has 0 saturated carbocycles. The van der Waals surface area contributed by atoms with Gasteiger partial charge in [0.25, 0.3) is 11.1 Å². The highest BCUT2D eigenvalue weighted by atomic mass is 32.1. The first-order chi connectivity index (χ1) is 15.8. The summed E-state index contributed by atoms with van der Waals surface area (Å²) in [7, 11) is 0. The maximum atomic E-state index is 13.0. The summed E-state index contributed by atoms with van der Waals surface area (Å²) >= 11 is 1.08. The Hall–Kier alpha value is -3.85. The fourth-order valence-electron chi connectivity index (χ4n) is 3.22. The lowest BCUT2D eigenvalue weighted by Gasteiger charge is -2.10. The third-order valence-electron chi connectivity index (χ3n) is 4.76. The molecule has 0 atom stereocenters. The number of hydrogen-bond acceptors (Lipinski definition) is 8. The molecule has 4 rings (SSSR count). The quantitative estimate of drug-likeness (QED) is 0.319. The van der Waals surface area contributed by atoms with Crippen LogP contribution in [0.5, 0.6) is 11.5 Å². The highest BCUT2D eigenvalue weighted by Gasteiger charge is 2.13. The van der Waals surface area contributed by atoms with Crippen molar-refractivity contribution in [3.05, 3.63) is 90.1 Å². The number of carbonyl (C=O) groups excluding carboxylic acids is 1. The number of thiazole rings is 1. The minimum absolute atomic E-state index is 0.210. The third-order valence-corrected chi connectivity index (χ3v) is 5.72. The standard InChI is InChI=1S/C24H21N3O5S/c1-4-31-20-12-17(9-10-19(20)32-15(3)28)13-21-23(30)27-24(33-21)25-22(29)18(26-27)11-16-7-5-14(2)6-8-16/h5-10,12-13H,4,11H2,1-3H3. The van der Waals surface area contributed by atoms with Crippen LogP contribution in [0.4, 0.5) is 0 Å². The van der Waals surface area contributed by atoms with E-state index in [0.717, 1.165) is 27.0 Å². The molecule has 0 saturated heterocycles. The van der Waals surface area contributed by atoms with Gasteiger partial charge in [0.1, 0.15) is 5.69 Å². The van der Waals surface area contributed by atoms with Crippen molar-refractivity contribution in [3.63, 3.8) is 0 Å². The molecule has 0 aliphatic carbocycles. The van der Waals surface area contributed by atoms with Crippen LogP contribution in [0.2, 0.25) is 0 Å². The molecule has 0 aliphatic rings. The van der Waals surface area contributed by atoms with Crippen molar-refractivity contribution >= 4 is 28.3 Å². The summed E-state index contributed by atoms with van der Waals surface area (Å²) in [5, 5.41) is 4.29. The van der Waals surface area contributed by atoms with Gasteiger partial charge in [0.15, 0.2) is 11.5 Å². The lowest BCUT2D eigenvalue weighted by atomic mass is 10.1. The molecule has 0 radical (unpaired) electrons. The molecule has 2 aromatic carbocycles. The van der Waals surface area contributed by atoms with Gasteiger partial charge in [0, 0.05) is 13.3 Å². The average molecular weight is 464 g/mol. The first-order valence-corrected chi connectivity index (χ1v) is 11.1. The Morgan fingerprint density at radius 1 is 1.12 bits per heavy atom. The number of rotatable bonds is 6. The molecule has 9 heteroatoms. The zero-order valence-corrected chi connectivity index (χ0v) is 19.1. The van der Waals surface area contributed by atoms with Crippen LogP contribution in [0, 0.1) is 6.92 Å². The molecule has 0 aliphatic heterocycles. The topological polar surface area (TPSA) is 99.9 Å². The molecule has 8 nitrogen and oxygen atoms in total. The molecule has 2 heterocycles. The predicted molar refractivity (Wildman–Crippen MR) is 125 cm³/mol. The largest absolute Gasteiger partial charge is 0.490 e. The number of esters is 1. The molecule has 0 fully saturated rings. The number of nitrogens with zero attached hydrogens (tertiary/aromatic N) is 3. The Bertz CT molecular complexity index is 1510. The maximum Gasteiger partial charge on any atom is 0.308 e. The minimum atomic E-state index is -0.456. The van der Waals surface area contributed by atoms with Crippen LogP contribution in [0.1, 0.15) is 36.2 Å². The molecule has 2 aromatic heterocycles. The second-order valence-electron chi connectivity index (χ2n) is 7.37. The molecular weight excluding hydrogens is 442 g/mol. The van der Waals surface area contributed by atoms with E-state index < -0.39 is 11.5 Å². The number of hydrogen-bond donors (Lipinski definition) is 0. The smallest absolute Gasteiger partial charge is 0.308 e. The van der Waals surface area contributed by atoms with E-state index in [2.05, 4.69) is 10.1 Å². The molecule has 0 spiro atoms. The summed E-state index contributed by atoms with van der Waals surface area (Å²) in [6, 6.07) is 12.8. The zero-order valence-electron chi connectivity index (χ0n) is 18.3. The van der Waals surface area contributed by atoms with E-state index in [1.807, 2.05) is 38.1 Å². The second kappa shape index (κ2) is 9.33. The van der Waals surface area contributed by atoms with Crippen LogP contribution in [-0.4, -0.2) is 27.2 Å². The molecular formula is C24H21N3O5S. The number of benzene rings is 2. The first kappa shape index (κ1) is 22.3. The molecule has 0 bridgehead atoms. The molecule has 4 aromatic rings. The van der Waals surface area contributed by atoms with Crippen LogP contribution < -0.4 is 25.1 Å². The van der Waals surface area contributed by atoms with E-state index >= 15 is 0 Å². The maximum absolute atomic E-state index is 13.0. The predicted octanol–water partition coefficient (Wildman–Crippen LogP) is 2.28. The van der Waals surface area contributed by atoms with Gasteiger partial charge in [-0.3, -0.25) is 14.4 Å². The van der Waals surface area contributed by atoms with Crippen molar-refractivity contribution in [2.45, 2.75) is 27.2 Å². The van der Waals surface area contributed by atoms with Crippen LogP contribution in [0.15, 0.2) is 52.1 Å². The SMILES string of the molecule is CCOc1cc(C=c2sc3nc(=O)c(Cc4ccc(C)cc4)nn3c2=O)ccc1OC(C)=O. The summed E-state index contributed by atoms with van der Waals surface area (Å²) in [5.41, 5.74) is 2.09. The van der Waals surface area contributed by atoms with Gasteiger partial charge in [-0.15, -0.1) is 0 Å². The number of aromatic nitrogens is 3. The molecule has 33 heavy (non-hydrogen) atoms. The monoisotopic (exact) mass is 463 g/mol. The van der Waals surface area contributed by atoms with Gasteiger partial charge < -0.3 is 9.47 Å². The van der Waals surface area contributed by atoms with Gasteiger partial charge in [-0.05, 0) is 43.2 Å². The summed E-state index contributed by atoms with van der Waals surface area (Å²) < 4.78 is 12.2. The Kier molecular flexibility index (Phi) is 6.32. The second-order valence-corrected chi connectivity index (χ2v) is 8.38. The van der Waals surface area contributed by atoms with E-state index in [-0.39, 0.29) is 16.2 Å². The molecule has 0 unspecified atom stereocenters. The van der Waals surface area contributed by atoms with Gasteiger partial charge in [0.05, 0.1) is 11.1 Å². The van der Waals surface area contributed by atoms with E-state index in [0.29, 0.717) is 34.6 Å². The van der Waals surface area contributed by atoms with E-state index in [1.165, 1.54) is 6.92 Å². The van der Waals surface area contributed by atoms with Gasteiger partial charge in [-0.25, -0.2) is 0 Å². The van der Waals surface area contributed by atoms with Gasteiger partial charge in [-0.2, -0.15) is 14.6 Å². The Labute approximate surface area is 192 Å². The first-order valence-electron chi connectivity index (χ1n) is 10.3. The average Bonchev–Trinajstić information content (AvgIpc) is 3.06. The highest BCUT2D eigenvalue weighted by molar-refractivity contribution is 7.15. The number of fused-ring (bicyclic) bond motifs is 1. The summed E-state index contributed by atoms with van der Waals surface area (Å²) in [6.07, 6.45) is 1.95.